The molecule has 2 heterocycles. The minimum atomic E-state index is -3.53. The minimum Gasteiger partial charge on any atom is -0.271 e. The van der Waals surface area contributed by atoms with E-state index in [0.717, 1.165) is 15.8 Å². The largest absolute Gasteiger partial charge is 0.271 e. The van der Waals surface area contributed by atoms with Crippen LogP contribution in [0.5, 0.6) is 0 Å². The third-order valence-electron chi connectivity index (χ3n) is 2.87. The zero-order valence-corrected chi connectivity index (χ0v) is 15.3. The molecule has 21 heavy (non-hydrogen) atoms. The van der Waals surface area contributed by atoms with Gasteiger partial charge in [0.2, 0.25) is 10.0 Å². The van der Waals surface area contributed by atoms with Crippen LogP contribution >= 0.6 is 38.9 Å². The monoisotopic (exact) mass is 411 g/mol. The molecule has 0 aromatic carbocycles. The standard InChI is InChI=1S/C12H15BrClN3O2S2/c1-16(7-10-5-12(13)20-9-10)21(18,19)11-6-15-17(8-11)4-2-3-14/h5-6,8-9H,2-4,7H2,1H3. The fourth-order valence-electron chi connectivity index (χ4n) is 1.77. The van der Waals surface area contributed by atoms with Crippen molar-refractivity contribution >= 4 is 48.9 Å². The molecule has 5 nitrogen and oxygen atoms in total. The van der Waals surface area contributed by atoms with E-state index in [4.69, 9.17) is 11.6 Å². The van der Waals surface area contributed by atoms with Crippen LogP contribution in [0.15, 0.2) is 32.5 Å². The molecular formula is C12H15BrClN3O2S2. The zero-order chi connectivity index (χ0) is 15.5. The SMILES string of the molecule is CN(Cc1csc(Br)c1)S(=O)(=O)c1cnn(CCCCl)c1. The van der Waals surface area contributed by atoms with Crippen LogP contribution in [-0.2, 0) is 23.1 Å². The average Bonchev–Trinajstić information content (AvgIpc) is 3.06. The predicted octanol–water partition coefficient (Wildman–Crippen LogP) is 3.16. The number of aromatic nitrogens is 2. The normalized spacial score (nSPS) is 12.2. The van der Waals surface area contributed by atoms with Gasteiger partial charge in [-0.3, -0.25) is 4.68 Å². The number of nitrogens with zero attached hydrogens (tertiary/aromatic N) is 3. The Bertz CT molecular complexity index is 699. The molecule has 2 rings (SSSR count). The van der Waals surface area contributed by atoms with Crippen LogP contribution in [0.4, 0.5) is 0 Å². The molecule has 0 aliphatic heterocycles. The molecule has 0 N–H and O–H groups in total. The Balaban J connectivity index is 2.11. The number of halogens is 2. The highest BCUT2D eigenvalue weighted by Crippen LogP contribution is 2.23. The summed E-state index contributed by atoms with van der Waals surface area (Å²) >= 11 is 10.5. The van der Waals surface area contributed by atoms with Gasteiger partial charge in [-0.1, -0.05) is 0 Å². The van der Waals surface area contributed by atoms with E-state index in [-0.39, 0.29) is 4.90 Å². The summed E-state index contributed by atoms with van der Waals surface area (Å²) in [5.74, 6) is 0.523. The molecular weight excluding hydrogens is 398 g/mol. The zero-order valence-electron chi connectivity index (χ0n) is 11.4. The first-order valence-corrected chi connectivity index (χ1v) is 9.86. The maximum absolute atomic E-state index is 12.5. The molecule has 0 amide bonds. The molecule has 0 saturated heterocycles. The van der Waals surface area contributed by atoms with Crippen molar-refractivity contribution in [2.75, 3.05) is 12.9 Å². The van der Waals surface area contributed by atoms with E-state index in [1.165, 1.54) is 21.8 Å². The minimum absolute atomic E-state index is 0.203. The van der Waals surface area contributed by atoms with Crippen LogP contribution < -0.4 is 0 Å². The number of thiophene rings is 1. The summed E-state index contributed by atoms with van der Waals surface area (Å²) < 4.78 is 28.8. The first kappa shape index (κ1) is 17.0. The number of hydrogen-bond acceptors (Lipinski definition) is 4. The van der Waals surface area contributed by atoms with Gasteiger partial charge in [-0.05, 0) is 39.4 Å². The number of aryl methyl sites for hydroxylation is 1. The Morgan fingerprint density at radius 2 is 2.29 bits per heavy atom. The van der Waals surface area contributed by atoms with E-state index in [2.05, 4.69) is 21.0 Å². The lowest BCUT2D eigenvalue weighted by Gasteiger charge is -2.15. The highest BCUT2D eigenvalue weighted by Gasteiger charge is 2.23. The molecule has 0 saturated carbocycles. The number of alkyl halides is 1. The van der Waals surface area contributed by atoms with Crippen molar-refractivity contribution in [3.8, 4) is 0 Å². The molecule has 2 aromatic rings. The quantitative estimate of drug-likeness (QED) is 0.656. The average molecular weight is 413 g/mol. The van der Waals surface area contributed by atoms with E-state index in [0.29, 0.717) is 19.0 Å². The van der Waals surface area contributed by atoms with Crippen LogP contribution in [0.2, 0.25) is 0 Å². The second-order valence-corrected chi connectivity index (χ2v) is 9.22. The number of rotatable bonds is 7. The molecule has 0 fully saturated rings. The Morgan fingerprint density at radius 3 is 2.90 bits per heavy atom. The summed E-state index contributed by atoms with van der Waals surface area (Å²) in [5.41, 5.74) is 0.951. The summed E-state index contributed by atoms with van der Waals surface area (Å²) in [6, 6.07) is 1.92. The van der Waals surface area contributed by atoms with E-state index in [9.17, 15) is 8.42 Å². The van der Waals surface area contributed by atoms with Crippen molar-refractivity contribution in [3.05, 3.63) is 33.2 Å². The lowest BCUT2D eigenvalue weighted by molar-refractivity contribution is 0.467. The smallest absolute Gasteiger partial charge is 0.246 e. The highest BCUT2D eigenvalue weighted by molar-refractivity contribution is 9.11. The van der Waals surface area contributed by atoms with Crippen LogP contribution in [-0.4, -0.2) is 35.4 Å². The molecule has 0 spiro atoms. The van der Waals surface area contributed by atoms with Crippen molar-refractivity contribution in [2.24, 2.45) is 0 Å². The van der Waals surface area contributed by atoms with E-state index in [1.54, 1.807) is 17.9 Å². The van der Waals surface area contributed by atoms with Gasteiger partial charge in [0.15, 0.2) is 0 Å². The topological polar surface area (TPSA) is 55.2 Å². The fraction of sp³-hybridized carbons (Fsp3) is 0.417. The summed E-state index contributed by atoms with van der Waals surface area (Å²) in [7, 11) is -1.96. The van der Waals surface area contributed by atoms with Gasteiger partial charge >= 0.3 is 0 Å². The number of hydrogen-bond donors (Lipinski definition) is 0. The van der Waals surface area contributed by atoms with Crippen LogP contribution in [0.3, 0.4) is 0 Å². The van der Waals surface area contributed by atoms with Gasteiger partial charge < -0.3 is 0 Å². The Kier molecular flexibility index (Phi) is 5.84. The van der Waals surface area contributed by atoms with E-state index >= 15 is 0 Å². The third kappa shape index (κ3) is 4.29. The molecule has 116 valence electrons. The molecule has 0 atom stereocenters. The van der Waals surface area contributed by atoms with Gasteiger partial charge in [-0.15, -0.1) is 22.9 Å². The Hall–Kier alpha value is -0.410. The van der Waals surface area contributed by atoms with Gasteiger partial charge in [0.05, 0.1) is 9.98 Å². The van der Waals surface area contributed by atoms with Crippen molar-refractivity contribution in [2.45, 2.75) is 24.4 Å². The maximum atomic E-state index is 12.5. The summed E-state index contributed by atoms with van der Waals surface area (Å²) in [4.78, 5) is 0.203. The summed E-state index contributed by atoms with van der Waals surface area (Å²) in [5, 5.41) is 5.99. The van der Waals surface area contributed by atoms with E-state index in [1.807, 2.05) is 11.4 Å². The first-order valence-electron chi connectivity index (χ1n) is 6.21. The lowest BCUT2D eigenvalue weighted by atomic mass is 10.3. The molecule has 9 heteroatoms. The van der Waals surface area contributed by atoms with Crippen molar-refractivity contribution in [1.29, 1.82) is 0 Å². The van der Waals surface area contributed by atoms with Gasteiger partial charge in [0.1, 0.15) is 4.90 Å². The predicted molar refractivity (Wildman–Crippen MR) is 88.2 cm³/mol. The molecule has 0 unspecified atom stereocenters. The first-order chi connectivity index (χ1) is 9.93. The number of sulfonamides is 1. The van der Waals surface area contributed by atoms with Crippen molar-refractivity contribution < 1.29 is 8.42 Å². The highest BCUT2D eigenvalue weighted by atomic mass is 79.9. The molecule has 0 radical (unpaired) electrons. The summed E-state index contributed by atoms with van der Waals surface area (Å²) in [6.45, 7) is 0.942. The van der Waals surface area contributed by atoms with Gasteiger partial charge in [-0.25, -0.2) is 8.42 Å². The third-order valence-corrected chi connectivity index (χ3v) is 6.44. The van der Waals surface area contributed by atoms with Crippen LogP contribution in [0.1, 0.15) is 12.0 Å². The van der Waals surface area contributed by atoms with Gasteiger partial charge in [0, 0.05) is 32.2 Å². The summed E-state index contributed by atoms with van der Waals surface area (Å²) in [6.07, 6.45) is 3.67. The molecule has 0 aliphatic carbocycles. The van der Waals surface area contributed by atoms with Gasteiger partial charge in [-0.2, -0.15) is 9.40 Å². The van der Waals surface area contributed by atoms with Crippen molar-refractivity contribution in [1.82, 2.24) is 14.1 Å². The van der Waals surface area contributed by atoms with Crippen LogP contribution in [0.25, 0.3) is 0 Å². The van der Waals surface area contributed by atoms with E-state index < -0.39 is 10.0 Å². The Morgan fingerprint density at radius 1 is 1.52 bits per heavy atom. The second kappa shape index (κ2) is 7.23. The van der Waals surface area contributed by atoms with Crippen molar-refractivity contribution in [3.63, 3.8) is 0 Å². The molecule has 0 bridgehead atoms. The molecule has 0 aliphatic rings. The lowest BCUT2D eigenvalue weighted by Crippen LogP contribution is -2.26. The second-order valence-electron chi connectivity index (χ2n) is 4.50. The fourth-order valence-corrected chi connectivity index (χ4v) is 4.21. The van der Waals surface area contributed by atoms with Crippen LogP contribution in [0, 0.1) is 0 Å². The van der Waals surface area contributed by atoms with Gasteiger partial charge in [0.25, 0.3) is 0 Å². The molecule has 2 aromatic heterocycles. The Labute approximate surface area is 141 Å². The maximum Gasteiger partial charge on any atom is 0.246 e.